The van der Waals surface area contributed by atoms with Gasteiger partial charge in [0.1, 0.15) is 0 Å². The molecule has 4 bridgehead atoms. The molecule has 224 valence electrons. The van der Waals surface area contributed by atoms with Gasteiger partial charge in [-0.2, -0.15) is 0 Å². The van der Waals surface area contributed by atoms with Crippen LogP contribution in [0.15, 0.2) is 59.8 Å². The molecule has 0 aromatic heterocycles. The predicted octanol–water partition coefficient (Wildman–Crippen LogP) is 5.75. The molecule has 0 amide bonds. The lowest BCUT2D eigenvalue weighted by Crippen LogP contribution is -2.70. The molecule has 2 aromatic carbocycles. The summed E-state index contributed by atoms with van der Waals surface area (Å²) in [5, 5.41) is 0. The number of allylic oxidation sites excluding steroid dienone is 1. The number of nitrogens with two attached hydrogens (primary N) is 1. The van der Waals surface area contributed by atoms with Crippen LogP contribution >= 0.6 is 0 Å². The second-order valence-electron chi connectivity index (χ2n) is 15.7. The quantitative estimate of drug-likeness (QED) is 0.474. The molecule has 8 aliphatic rings. The number of piperidine rings is 2. The van der Waals surface area contributed by atoms with Gasteiger partial charge in [-0.15, -0.1) is 0 Å². The van der Waals surface area contributed by atoms with Crippen LogP contribution in [0.2, 0.25) is 0 Å². The van der Waals surface area contributed by atoms with Crippen LogP contribution in [0.3, 0.4) is 0 Å². The first-order chi connectivity index (χ1) is 21.0. The molecule has 5 fully saturated rings. The Labute approximate surface area is 256 Å². The van der Waals surface area contributed by atoms with Crippen LogP contribution in [0, 0.1) is 29.1 Å². The third-order valence-corrected chi connectivity index (χ3v) is 14.8. The Morgan fingerprint density at radius 1 is 0.837 bits per heavy atom. The number of nitrogens with zero attached hydrogens (tertiary/aromatic N) is 3. The molecule has 10 rings (SSSR count). The first-order valence-corrected chi connectivity index (χ1v) is 17.5. The highest BCUT2D eigenvalue weighted by molar-refractivity contribution is 6.00. The SMILES string of the molecule is CC[C@@H]1CN2CC[C@@]34C5=C(C[C@]6(CN5c5ccccc53)C(=O)[C@@]3(c5ccccc5N)CCN5C[C@@H](CC)[C@@H]6C[C@H]53)[C@H]1C[C@H]24. The first kappa shape index (κ1) is 25.7. The smallest absolute Gasteiger partial charge is 0.153 e. The summed E-state index contributed by atoms with van der Waals surface area (Å²) >= 11 is 0. The maximum Gasteiger partial charge on any atom is 0.153 e. The zero-order valence-electron chi connectivity index (χ0n) is 25.9. The normalized spacial score (nSPS) is 43.9. The Morgan fingerprint density at radius 3 is 2.28 bits per heavy atom. The van der Waals surface area contributed by atoms with E-state index in [1.807, 2.05) is 12.1 Å². The zero-order valence-corrected chi connectivity index (χ0v) is 25.9. The van der Waals surface area contributed by atoms with Gasteiger partial charge in [0.05, 0.1) is 16.2 Å². The van der Waals surface area contributed by atoms with Crippen LogP contribution < -0.4 is 10.6 Å². The molecule has 2 aromatic rings. The summed E-state index contributed by atoms with van der Waals surface area (Å²) in [6.07, 6.45) is 7.95. The van der Waals surface area contributed by atoms with E-state index in [2.05, 4.69) is 64.9 Å². The van der Waals surface area contributed by atoms with Crippen molar-refractivity contribution < 1.29 is 4.79 Å². The van der Waals surface area contributed by atoms with E-state index in [1.165, 1.54) is 38.0 Å². The van der Waals surface area contributed by atoms with E-state index in [9.17, 15) is 0 Å². The van der Waals surface area contributed by atoms with Crippen LogP contribution in [-0.2, 0) is 15.6 Å². The van der Waals surface area contributed by atoms with E-state index in [-0.39, 0.29) is 16.9 Å². The number of ketones is 1. The van der Waals surface area contributed by atoms with Crippen molar-refractivity contribution >= 4 is 17.2 Å². The Morgan fingerprint density at radius 2 is 1.51 bits per heavy atom. The second kappa shape index (κ2) is 8.34. The van der Waals surface area contributed by atoms with Crippen LogP contribution in [0.25, 0.3) is 0 Å². The Bertz CT molecular complexity index is 1600. The van der Waals surface area contributed by atoms with Gasteiger partial charge in [0, 0.05) is 48.8 Å². The second-order valence-corrected chi connectivity index (χ2v) is 15.7. The number of hydrogen-bond donors (Lipinski definition) is 1. The lowest BCUT2D eigenvalue weighted by molar-refractivity contribution is -0.153. The summed E-state index contributed by atoms with van der Waals surface area (Å²) in [5.74, 6) is 2.85. The molecule has 5 nitrogen and oxygen atoms in total. The van der Waals surface area contributed by atoms with E-state index in [1.54, 1.807) is 16.8 Å². The average Bonchev–Trinajstić information content (AvgIpc) is 3.72. The zero-order chi connectivity index (χ0) is 28.9. The van der Waals surface area contributed by atoms with Gasteiger partial charge in [0.2, 0.25) is 0 Å². The fraction of sp³-hybridized carbons (Fsp3) is 0.605. The highest BCUT2D eigenvalue weighted by Crippen LogP contribution is 2.70. The topological polar surface area (TPSA) is 52.8 Å². The molecule has 5 heteroatoms. The number of Topliss-reactive ketones (excluding diaryl/α,β-unsaturated/α-hetero) is 1. The van der Waals surface area contributed by atoms with Crippen molar-refractivity contribution in [2.24, 2.45) is 29.1 Å². The van der Waals surface area contributed by atoms with Gasteiger partial charge in [0.25, 0.3) is 0 Å². The average molecular weight is 575 g/mol. The van der Waals surface area contributed by atoms with Crippen molar-refractivity contribution in [2.75, 3.05) is 43.4 Å². The maximum atomic E-state index is 16.0. The first-order valence-electron chi connectivity index (χ1n) is 17.5. The molecule has 2 N–H and O–H groups in total. The van der Waals surface area contributed by atoms with Crippen molar-refractivity contribution in [3.63, 3.8) is 0 Å². The van der Waals surface area contributed by atoms with Crippen molar-refractivity contribution in [3.05, 3.63) is 70.9 Å². The molecule has 6 heterocycles. The van der Waals surface area contributed by atoms with Gasteiger partial charge >= 0.3 is 0 Å². The summed E-state index contributed by atoms with van der Waals surface area (Å²) in [5.41, 5.74) is 14.3. The molecule has 43 heavy (non-hydrogen) atoms. The summed E-state index contributed by atoms with van der Waals surface area (Å²) in [4.78, 5) is 24.3. The van der Waals surface area contributed by atoms with Crippen molar-refractivity contribution in [1.82, 2.24) is 9.80 Å². The van der Waals surface area contributed by atoms with E-state index >= 15 is 4.79 Å². The largest absolute Gasteiger partial charge is 0.398 e. The van der Waals surface area contributed by atoms with E-state index < -0.39 is 5.41 Å². The number of carbonyl (C=O) groups excluding carboxylic acids is 1. The van der Waals surface area contributed by atoms with Gasteiger partial charge < -0.3 is 10.6 Å². The third kappa shape index (κ3) is 2.75. The molecular formula is C38H46N4O. The minimum Gasteiger partial charge on any atom is -0.398 e. The standard InChI is InChI=1S/C38H46N4O/c1-3-23-20-40-15-13-37-28-10-6-8-12-31(28)42-22-36(19-26(34(37)42)25(23)17-32(37)40)29-18-33-38(35(36)43,27-9-5-7-11-30(27)39)14-16-41(33)21-24(29)4-2/h5-12,23-25,29,32-33H,3-4,13-22,39H2,1-2H3/t23-,24-,25+,29+,32+,33+,36-,37-,38-/m1/s1. The number of rotatable bonds is 3. The number of carbonyl (C=O) groups is 1. The van der Waals surface area contributed by atoms with Crippen molar-refractivity contribution in [3.8, 4) is 0 Å². The fourth-order valence-electron chi connectivity index (χ4n) is 13.2. The molecule has 0 radical (unpaired) electrons. The van der Waals surface area contributed by atoms with Gasteiger partial charge in [-0.1, -0.05) is 63.1 Å². The molecule has 4 saturated heterocycles. The van der Waals surface area contributed by atoms with Gasteiger partial charge in [-0.3, -0.25) is 14.6 Å². The number of para-hydroxylation sites is 2. The molecular weight excluding hydrogens is 528 g/mol. The van der Waals surface area contributed by atoms with Crippen LogP contribution in [0.5, 0.6) is 0 Å². The Balaban J connectivity index is 1.23. The lowest BCUT2D eigenvalue weighted by Gasteiger charge is -2.63. The molecule has 2 aliphatic carbocycles. The molecule has 0 unspecified atom stereocenters. The molecule has 2 spiro atoms. The Hall–Kier alpha value is -2.63. The highest BCUT2D eigenvalue weighted by atomic mass is 16.1. The highest BCUT2D eigenvalue weighted by Gasteiger charge is 2.73. The summed E-state index contributed by atoms with van der Waals surface area (Å²) in [7, 11) is 0. The number of anilines is 2. The Kier molecular flexibility index (Phi) is 4.98. The van der Waals surface area contributed by atoms with Crippen LogP contribution in [0.4, 0.5) is 11.4 Å². The minimum atomic E-state index is -0.492. The van der Waals surface area contributed by atoms with E-state index in [0.717, 1.165) is 56.6 Å². The third-order valence-electron chi connectivity index (χ3n) is 14.8. The summed E-state index contributed by atoms with van der Waals surface area (Å²) in [6, 6.07) is 18.7. The fourth-order valence-corrected chi connectivity index (χ4v) is 13.2. The monoisotopic (exact) mass is 574 g/mol. The van der Waals surface area contributed by atoms with E-state index in [4.69, 9.17) is 5.73 Å². The van der Waals surface area contributed by atoms with Gasteiger partial charge in [0.15, 0.2) is 5.78 Å². The van der Waals surface area contributed by atoms with Crippen LogP contribution in [-0.4, -0.2) is 60.4 Å². The van der Waals surface area contributed by atoms with Gasteiger partial charge in [-0.05, 0) is 97.7 Å². The predicted molar refractivity (Wildman–Crippen MR) is 171 cm³/mol. The maximum absolute atomic E-state index is 16.0. The molecule has 9 atom stereocenters. The van der Waals surface area contributed by atoms with Crippen molar-refractivity contribution in [1.29, 1.82) is 0 Å². The summed E-state index contributed by atoms with van der Waals surface area (Å²) in [6.45, 7) is 10.3. The number of hydrogen-bond acceptors (Lipinski definition) is 5. The number of nitrogen functional groups attached to an aromatic ring is 1. The van der Waals surface area contributed by atoms with E-state index in [0.29, 0.717) is 35.5 Å². The molecule has 1 saturated carbocycles. The van der Waals surface area contributed by atoms with Crippen LogP contribution in [0.1, 0.15) is 69.9 Å². The van der Waals surface area contributed by atoms with Gasteiger partial charge in [-0.25, -0.2) is 0 Å². The minimum absolute atomic E-state index is 0.116. The summed E-state index contributed by atoms with van der Waals surface area (Å²) < 4.78 is 0. The number of benzene rings is 2. The molecule has 6 aliphatic heterocycles. The van der Waals surface area contributed by atoms with Crippen molar-refractivity contribution in [2.45, 2.75) is 81.7 Å². The lowest BCUT2D eigenvalue weighted by atomic mass is 9.45. The number of fused-ring (bicyclic) bond motifs is 6.